The van der Waals surface area contributed by atoms with Crippen molar-refractivity contribution in [2.75, 3.05) is 38.1 Å². The molecule has 17 heavy (non-hydrogen) atoms. The number of aromatic nitrogens is 1. The summed E-state index contributed by atoms with van der Waals surface area (Å²) >= 11 is 0. The number of carboxylic acids is 1. The highest BCUT2D eigenvalue weighted by atomic mass is 16.4. The van der Waals surface area contributed by atoms with Crippen molar-refractivity contribution >= 4 is 11.7 Å². The Morgan fingerprint density at radius 3 is 2.94 bits per heavy atom. The molecule has 92 valence electrons. The number of carbonyl (C=O) groups is 1. The van der Waals surface area contributed by atoms with Gasteiger partial charge in [0, 0.05) is 31.5 Å². The maximum Gasteiger partial charge on any atom is 0.354 e. The molecule has 0 unspecified atom stereocenters. The number of carboxylic acid groups (broad SMARTS) is 1. The van der Waals surface area contributed by atoms with Crippen LogP contribution in [0, 0.1) is 0 Å². The summed E-state index contributed by atoms with van der Waals surface area (Å²) in [5, 5.41) is 8.92. The molecule has 0 aromatic carbocycles. The molecule has 1 aromatic heterocycles. The molecule has 1 aliphatic rings. The molecule has 0 spiro atoms. The minimum atomic E-state index is -0.973. The summed E-state index contributed by atoms with van der Waals surface area (Å²) in [6.07, 6.45) is 2.66. The Labute approximate surface area is 101 Å². The van der Waals surface area contributed by atoms with Gasteiger partial charge in [0.05, 0.1) is 0 Å². The average Bonchev–Trinajstić information content (AvgIpc) is 2.54. The van der Waals surface area contributed by atoms with Crippen molar-refractivity contribution in [3.05, 3.63) is 24.0 Å². The predicted molar refractivity (Wildman–Crippen MR) is 65.5 cm³/mol. The van der Waals surface area contributed by atoms with Crippen LogP contribution in [-0.4, -0.2) is 54.2 Å². The number of anilines is 1. The molecular weight excluding hydrogens is 218 g/mol. The first-order valence-corrected chi connectivity index (χ1v) is 5.79. The van der Waals surface area contributed by atoms with Gasteiger partial charge in [-0.05, 0) is 32.1 Å². The molecule has 5 nitrogen and oxygen atoms in total. The third-order valence-corrected chi connectivity index (χ3v) is 3.05. The van der Waals surface area contributed by atoms with E-state index in [4.69, 9.17) is 5.11 Å². The Hall–Kier alpha value is -1.62. The van der Waals surface area contributed by atoms with Gasteiger partial charge in [-0.1, -0.05) is 0 Å². The van der Waals surface area contributed by atoms with Crippen LogP contribution in [0.15, 0.2) is 18.3 Å². The van der Waals surface area contributed by atoms with Gasteiger partial charge in [-0.25, -0.2) is 9.78 Å². The van der Waals surface area contributed by atoms with Crippen molar-refractivity contribution < 1.29 is 9.90 Å². The Morgan fingerprint density at radius 1 is 1.35 bits per heavy atom. The number of nitrogens with zero attached hydrogens (tertiary/aromatic N) is 3. The van der Waals surface area contributed by atoms with Crippen molar-refractivity contribution in [1.29, 1.82) is 0 Å². The van der Waals surface area contributed by atoms with Crippen LogP contribution in [0.3, 0.4) is 0 Å². The van der Waals surface area contributed by atoms with Crippen molar-refractivity contribution in [1.82, 2.24) is 9.88 Å². The Morgan fingerprint density at radius 2 is 2.18 bits per heavy atom. The lowest BCUT2D eigenvalue weighted by Gasteiger charge is -2.22. The van der Waals surface area contributed by atoms with Crippen LogP contribution >= 0.6 is 0 Å². The molecule has 1 aromatic rings. The van der Waals surface area contributed by atoms with Crippen molar-refractivity contribution in [2.24, 2.45) is 0 Å². The molecule has 1 aliphatic heterocycles. The lowest BCUT2D eigenvalue weighted by Crippen LogP contribution is -2.28. The smallest absolute Gasteiger partial charge is 0.354 e. The van der Waals surface area contributed by atoms with Crippen molar-refractivity contribution in [3.8, 4) is 0 Å². The second-order valence-corrected chi connectivity index (χ2v) is 4.35. The first-order valence-electron chi connectivity index (χ1n) is 5.79. The lowest BCUT2D eigenvalue weighted by molar-refractivity contribution is 0.0690. The van der Waals surface area contributed by atoms with Crippen LogP contribution in [0.4, 0.5) is 5.69 Å². The van der Waals surface area contributed by atoms with E-state index in [-0.39, 0.29) is 5.69 Å². The second kappa shape index (κ2) is 5.14. The summed E-state index contributed by atoms with van der Waals surface area (Å²) in [6, 6.07) is 3.52. The first-order chi connectivity index (χ1) is 8.16. The zero-order valence-electron chi connectivity index (χ0n) is 9.96. The number of pyridine rings is 1. The van der Waals surface area contributed by atoms with Crippen LogP contribution in [0.1, 0.15) is 16.9 Å². The first kappa shape index (κ1) is 11.9. The van der Waals surface area contributed by atoms with Crippen LogP contribution in [0.25, 0.3) is 0 Å². The molecule has 0 bridgehead atoms. The summed E-state index contributed by atoms with van der Waals surface area (Å²) in [5.41, 5.74) is 1.06. The van der Waals surface area contributed by atoms with E-state index in [1.54, 1.807) is 12.3 Å². The van der Waals surface area contributed by atoms with Gasteiger partial charge in [-0.2, -0.15) is 0 Å². The standard InChI is InChI=1S/C12H17N3O2/c1-14-5-2-6-15(8-7-14)10-3-4-13-11(9-10)12(16)17/h3-4,9H,2,5-8H2,1H3,(H,16,17). The minimum absolute atomic E-state index is 0.111. The number of hydrogen-bond donors (Lipinski definition) is 1. The van der Waals surface area contributed by atoms with Gasteiger partial charge in [0.15, 0.2) is 0 Å². The van der Waals surface area contributed by atoms with Crippen LogP contribution in [0.5, 0.6) is 0 Å². The monoisotopic (exact) mass is 235 g/mol. The molecule has 0 saturated carbocycles. The third kappa shape index (κ3) is 2.94. The highest BCUT2D eigenvalue weighted by Gasteiger charge is 2.14. The highest BCUT2D eigenvalue weighted by Crippen LogP contribution is 2.16. The molecule has 2 heterocycles. The minimum Gasteiger partial charge on any atom is -0.477 e. The van der Waals surface area contributed by atoms with Gasteiger partial charge in [0.25, 0.3) is 0 Å². The van der Waals surface area contributed by atoms with Gasteiger partial charge < -0.3 is 14.9 Å². The number of rotatable bonds is 2. The van der Waals surface area contributed by atoms with E-state index in [9.17, 15) is 4.79 Å². The van der Waals surface area contributed by atoms with Gasteiger partial charge in [0.1, 0.15) is 5.69 Å². The second-order valence-electron chi connectivity index (χ2n) is 4.35. The van der Waals surface area contributed by atoms with Crippen molar-refractivity contribution in [3.63, 3.8) is 0 Å². The maximum atomic E-state index is 10.9. The summed E-state index contributed by atoms with van der Waals surface area (Å²) in [6.45, 7) is 3.99. The Kier molecular flexibility index (Phi) is 3.58. The number of likely N-dealkylation sites (N-methyl/N-ethyl adjacent to an activating group) is 1. The van der Waals surface area contributed by atoms with Crippen LogP contribution < -0.4 is 4.90 Å². The zero-order valence-corrected chi connectivity index (χ0v) is 9.96. The Balaban J connectivity index is 2.15. The van der Waals surface area contributed by atoms with Crippen LogP contribution in [-0.2, 0) is 0 Å². The molecule has 0 radical (unpaired) electrons. The lowest BCUT2D eigenvalue weighted by atomic mass is 10.2. The van der Waals surface area contributed by atoms with E-state index in [1.165, 1.54) is 0 Å². The highest BCUT2D eigenvalue weighted by molar-refractivity contribution is 5.86. The van der Waals surface area contributed by atoms with Crippen LogP contribution in [0.2, 0.25) is 0 Å². The summed E-state index contributed by atoms with van der Waals surface area (Å²) in [5.74, 6) is -0.973. The predicted octanol–water partition coefficient (Wildman–Crippen LogP) is 0.922. The molecule has 5 heteroatoms. The number of aromatic carboxylic acids is 1. The summed E-state index contributed by atoms with van der Waals surface area (Å²) in [4.78, 5) is 19.2. The fourth-order valence-electron chi connectivity index (χ4n) is 2.04. The molecule has 1 N–H and O–H groups in total. The van der Waals surface area contributed by atoms with Crippen molar-refractivity contribution in [2.45, 2.75) is 6.42 Å². The van der Waals surface area contributed by atoms with E-state index in [0.717, 1.165) is 38.3 Å². The molecule has 2 rings (SSSR count). The van der Waals surface area contributed by atoms with E-state index in [2.05, 4.69) is 21.8 Å². The molecule has 0 aliphatic carbocycles. The molecule has 1 saturated heterocycles. The van der Waals surface area contributed by atoms with E-state index in [0.29, 0.717) is 0 Å². The van der Waals surface area contributed by atoms with E-state index >= 15 is 0 Å². The zero-order chi connectivity index (χ0) is 12.3. The van der Waals surface area contributed by atoms with Gasteiger partial charge >= 0.3 is 5.97 Å². The van der Waals surface area contributed by atoms with E-state index in [1.807, 2.05) is 6.07 Å². The Bertz CT molecular complexity index is 408. The summed E-state index contributed by atoms with van der Waals surface area (Å²) < 4.78 is 0. The topological polar surface area (TPSA) is 56.7 Å². The maximum absolute atomic E-state index is 10.9. The summed E-state index contributed by atoms with van der Waals surface area (Å²) in [7, 11) is 2.11. The quantitative estimate of drug-likeness (QED) is 0.826. The van der Waals surface area contributed by atoms with E-state index < -0.39 is 5.97 Å². The largest absolute Gasteiger partial charge is 0.477 e. The third-order valence-electron chi connectivity index (χ3n) is 3.05. The fourth-order valence-corrected chi connectivity index (χ4v) is 2.04. The fraction of sp³-hybridized carbons (Fsp3) is 0.500. The molecule has 1 fully saturated rings. The SMILES string of the molecule is CN1CCCN(c2ccnc(C(=O)O)c2)CC1. The van der Waals surface area contributed by atoms with Gasteiger partial charge in [0.2, 0.25) is 0 Å². The average molecular weight is 235 g/mol. The normalized spacial score (nSPS) is 17.8. The van der Waals surface area contributed by atoms with Gasteiger partial charge in [-0.3, -0.25) is 0 Å². The molecule has 0 atom stereocenters. The molecule has 0 amide bonds. The molecular formula is C12H17N3O2. The number of hydrogen-bond acceptors (Lipinski definition) is 4. The van der Waals surface area contributed by atoms with Gasteiger partial charge in [-0.15, -0.1) is 0 Å².